The van der Waals surface area contributed by atoms with Crippen LogP contribution in [0, 0.1) is 0 Å². The van der Waals surface area contributed by atoms with Crippen LogP contribution in [0.15, 0.2) is 30.3 Å². The van der Waals surface area contributed by atoms with Gasteiger partial charge in [0.15, 0.2) is 0 Å². The predicted octanol–water partition coefficient (Wildman–Crippen LogP) is -0.455. The molecule has 0 aliphatic carbocycles. The lowest BCUT2D eigenvalue weighted by atomic mass is 10.0. The number of thioether (sulfide) groups is 1. The monoisotopic (exact) mass is 237 g/mol. The number of carbonyl (C=O) groups is 1. The smallest absolute Gasteiger partial charge is 0.140 e. The van der Waals surface area contributed by atoms with Crippen molar-refractivity contribution in [2.24, 2.45) is 0 Å². The summed E-state index contributed by atoms with van der Waals surface area (Å²) in [6, 6.07) is 9.81. The van der Waals surface area contributed by atoms with Crippen LogP contribution in [-0.4, -0.2) is 23.1 Å². The molecule has 1 heterocycles. The molecule has 1 aromatic rings. The van der Waals surface area contributed by atoms with E-state index in [9.17, 15) is 9.90 Å². The van der Waals surface area contributed by atoms with Gasteiger partial charge in [0.1, 0.15) is 17.4 Å². The van der Waals surface area contributed by atoms with Gasteiger partial charge in [0.2, 0.25) is 0 Å². The van der Waals surface area contributed by atoms with Crippen LogP contribution in [0.5, 0.6) is 0 Å². The lowest BCUT2D eigenvalue weighted by Crippen LogP contribution is -2.94. The lowest BCUT2D eigenvalue weighted by Gasteiger charge is -2.17. The fourth-order valence-corrected chi connectivity index (χ4v) is 3.38. The molecule has 0 amide bonds. The van der Waals surface area contributed by atoms with Crippen LogP contribution in [0.3, 0.4) is 0 Å². The minimum absolute atomic E-state index is 0.283. The second-order valence-electron chi connectivity index (χ2n) is 4.12. The summed E-state index contributed by atoms with van der Waals surface area (Å²) >= 11 is 1.71. The van der Waals surface area contributed by atoms with Crippen molar-refractivity contribution in [3.63, 3.8) is 0 Å². The first-order valence-electron chi connectivity index (χ1n) is 5.41. The normalized spacial score (nSPS) is 26.6. The highest BCUT2D eigenvalue weighted by atomic mass is 32.2. The summed E-state index contributed by atoms with van der Waals surface area (Å²) in [5.41, 5.74) is 1.26. The van der Waals surface area contributed by atoms with Crippen molar-refractivity contribution < 1.29 is 15.2 Å². The minimum Gasteiger partial charge on any atom is -0.544 e. The largest absolute Gasteiger partial charge is 0.544 e. The molecule has 0 aromatic heterocycles. The van der Waals surface area contributed by atoms with Gasteiger partial charge in [-0.3, -0.25) is 0 Å². The van der Waals surface area contributed by atoms with Crippen molar-refractivity contribution in [3.05, 3.63) is 35.9 Å². The van der Waals surface area contributed by atoms with E-state index < -0.39 is 5.97 Å². The number of hydrogen-bond donors (Lipinski definition) is 1. The van der Waals surface area contributed by atoms with Gasteiger partial charge in [-0.2, -0.15) is 0 Å². The zero-order valence-electron chi connectivity index (χ0n) is 9.13. The Labute approximate surface area is 99.2 Å². The summed E-state index contributed by atoms with van der Waals surface area (Å²) in [6.45, 7) is 2.14. The molecule has 0 saturated carbocycles. The first-order chi connectivity index (χ1) is 7.68. The van der Waals surface area contributed by atoms with Gasteiger partial charge in [-0.15, -0.1) is 0 Å². The summed E-state index contributed by atoms with van der Waals surface area (Å²) < 4.78 is 0. The Morgan fingerprint density at radius 3 is 2.75 bits per heavy atom. The number of carbonyl (C=O) groups excluding carboxylic acids is 1. The second-order valence-corrected chi connectivity index (χ2v) is 5.33. The molecule has 1 aromatic carbocycles. The van der Waals surface area contributed by atoms with Crippen LogP contribution >= 0.6 is 11.8 Å². The number of hydrogen-bond acceptors (Lipinski definition) is 3. The van der Waals surface area contributed by atoms with Crippen molar-refractivity contribution in [2.45, 2.75) is 24.3 Å². The third kappa shape index (κ3) is 2.39. The number of benzene rings is 1. The summed E-state index contributed by atoms with van der Waals surface area (Å²) in [5, 5.41) is 12.9. The van der Waals surface area contributed by atoms with Gasteiger partial charge in [0.05, 0.1) is 5.75 Å². The van der Waals surface area contributed by atoms with E-state index in [1.165, 1.54) is 5.56 Å². The molecule has 0 spiro atoms. The number of carboxylic acids is 1. The molecule has 1 fully saturated rings. The van der Waals surface area contributed by atoms with Crippen LogP contribution in [-0.2, 0) is 4.79 Å². The third-order valence-corrected chi connectivity index (χ3v) is 4.51. The van der Waals surface area contributed by atoms with Crippen LogP contribution in [0.25, 0.3) is 0 Å². The van der Waals surface area contributed by atoms with Crippen molar-refractivity contribution in [2.75, 3.05) is 5.75 Å². The number of rotatable bonds is 3. The first kappa shape index (κ1) is 11.5. The van der Waals surface area contributed by atoms with E-state index in [-0.39, 0.29) is 11.4 Å². The van der Waals surface area contributed by atoms with Crippen molar-refractivity contribution >= 4 is 17.7 Å². The Balaban J connectivity index is 2.02. The summed E-state index contributed by atoms with van der Waals surface area (Å²) in [7, 11) is 0. The SMILES string of the molecule is C[C@H](c1ccccc1)[C@H]1[NH2+][C@H](C(=O)[O-])CS1. The number of quaternary nitrogens is 1. The molecule has 4 heteroatoms. The molecule has 1 aliphatic rings. The summed E-state index contributed by atoms with van der Waals surface area (Å²) in [5.74, 6) is 0.0512. The maximum absolute atomic E-state index is 10.8. The van der Waals surface area contributed by atoms with Crippen molar-refractivity contribution in [3.8, 4) is 0 Å². The highest BCUT2D eigenvalue weighted by molar-refractivity contribution is 7.99. The molecule has 3 nitrogen and oxygen atoms in total. The molecule has 2 rings (SSSR count). The van der Waals surface area contributed by atoms with Crippen molar-refractivity contribution in [1.29, 1.82) is 0 Å². The fraction of sp³-hybridized carbons (Fsp3) is 0.417. The lowest BCUT2D eigenvalue weighted by molar-refractivity contribution is -0.686. The molecule has 3 atom stereocenters. The highest BCUT2D eigenvalue weighted by Crippen LogP contribution is 2.26. The van der Waals surface area contributed by atoms with E-state index in [1.54, 1.807) is 11.8 Å². The third-order valence-electron chi connectivity index (χ3n) is 3.01. The van der Waals surface area contributed by atoms with E-state index in [4.69, 9.17) is 0 Å². The van der Waals surface area contributed by atoms with Crippen LogP contribution in [0.1, 0.15) is 18.4 Å². The molecular formula is C12H15NO2S. The van der Waals surface area contributed by atoms with Gasteiger partial charge < -0.3 is 15.2 Å². The van der Waals surface area contributed by atoms with Gasteiger partial charge in [0, 0.05) is 5.92 Å². The van der Waals surface area contributed by atoms with Gasteiger partial charge >= 0.3 is 0 Å². The minimum atomic E-state index is -0.949. The Bertz CT molecular complexity index is 369. The Hall–Kier alpha value is -1.00. The zero-order valence-corrected chi connectivity index (χ0v) is 9.94. The van der Waals surface area contributed by atoms with Gasteiger partial charge in [-0.25, -0.2) is 0 Å². The predicted molar refractivity (Wildman–Crippen MR) is 61.8 cm³/mol. The molecule has 16 heavy (non-hydrogen) atoms. The average Bonchev–Trinajstić information content (AvgIpc) is 2.78. The fourth-order valence-electron chi connectivity index (χ4n) is 1.96. The highest BCUT2D eigenvalue weighted by Gasteiger charge is 2.33. The maximum atomic E-state index is 10.8. The zero-order chi connectivity index (χ0) is 11.5. The number of nitrogens with two attached hydrogens (primary N) is 1. The van der Waals surface area contributed by atoms with E-state index in [1.807, 2.05) is 23.5 Å². The molecular weight excluding hydrogens is 222 g/mol. The number of carboxylic acid groups (broad SMARTS) is 1. The molecule has 0 radical (unpaired) electrons. The molecule has 1 saturated heterocycles. The van der Waals surface area contributed by atoms with Gasteiger partial charge in [0.25, 0.3) is 0 Å². The average molecular weight is 237 g/mol. The molecule has 0 bridgehead atoms. The van der Waals surface area contributed by atoms with Gasteiger partial charge in [-0.1, -0.05) is 49.0 Å². The quantitative estimate of drug-likeness (QED) is 0.774. The van der Waals surface area contributed by atoms with E-state index in [0.29, 0.717) is 11.7 Å². The summed E-state index contributed by atoms with van der Waals surface area (Å²) in [6.07, 6.45) is 0. The second kappa shape index (κ2) is 4.89. The van der Waals surface area contributed by atoms with Gasteiger partial charge in [-0.05, 0) is 5.56 Å². The topological polar surface area (TPSA) is 56.7 Å². The van der Waals surface area contributed by atoms with E-state index in [2.05, 4.69) is 19.1 Å². The van der Waals surface area contributed by atoms with Crippen LogP contribution in [0.2, 0.25) is 0 Å². The Morgan fingerprint density at radius 1 is 1.50 bits per heavy atom. The molecule has 2 N–H and O–H groups in total. The Kier molecular flexibility index (Phi) is 3.51. The van der Waals surface area contributed by atoms with Crippen LogP contribution < -0.4 is 10.4 Å². The van der Waals surface area contributed by atoms with E-state index in [0.717, 1.165) is 0 Å². The van der Waals surface area contributed by atoms with Crippen LogP contribution in [0.4, 0.5) is 0 Å². The van der Waals surface area contributed by atoms with Crippen molar-refractivity contribution in [1.82, 2.24) is 0 Å². The molecule has 1 aliphatic heterocycles. The molecule has 86 valence electrons. The first-order valence-corrected chi connectivity index (χ1v) is 6.46. The molecule has 0 unspecified atom stereocenters. The Morgan fingerprint density at radius 2 is 2.19 bits per heavy atom. The van der Waals surface area contributed by atoms with E-state index >= 15 is 0 Å². The standard InChI is InChI=1S/C12H15NO2S/c1-8(9-5-3-2-4-6-9)11-13-10(7-16-11)12(14)15/h2-6,8,10-11,13H,7H2,1H3,(H,14,15)/t8-,10+,11+/m1/s1. The number of aliphatic carboxylic acids is 1. The maximum Gasteiger partial charge on any atom is 0.140 e. The summed E-state index contributed by atoms with van der Waals surface area (Å²) in [4.78, 5) is 10.8.